The molecule has 0 radical (unpaired) electrons. The van der Waals surface area contributed by atoms with E-state index >= 15 is 0 Å². The Morgan fingerprint density at radius 3 is 2.54 bits per heavy atom. The van der Waals surface area contributed by atoms with Crippen molar-refractivity contribution in [1.82, 2.24) is 14.5 Å². The monoisotopic (exact) mass is 588 g/mol. The second kappa shape index (κ2) is 9.95. The molecule has 1 N–H and O–H groups in total. The van der Waals surface area contributed by atoms with Crippen LogP contribution in [-0.4, -0.2) is 71.1 Å². The van der Waals surface area contributed by atoms with E-state index in [9.17, 15) is 18.5 Å². The number of aliphatic hydroxyl groups is 1. The molecule has 0 saturated carbocycles. The van der Waals surface area contributed by atoms with E-state index in [0.29, 0.717) is 11.3 Å². The third-order valence-corrected chi connectivity index (χ3v) is 8.31. The van der Waals surface area contributed by atoms with Crippen LogP contribution < -0.4 is 4.74 Å². The molecular weight excluding hydrogens is 561 g/mol. The summed E-state index contributed by atoms with van der Waals surface area (Å²) in [6.07, 6.45) is 5.23. The van der Waals surface area contributed by atoms with Gasteiger partial charge in [0.1, 0.15) is 37.2 Å². The molecule has 41 heavy (non-hydrogen) atoms. The molecule has 2 aromatic carbocycles. The number of halogens is 2. The highest BCUT2D eigenvalue weighted by Gasteiger charge is 2.58. The number of morpholine rings is 1. The molecule has 0 aliphatic carbocycles. The molecule has 2 saturated heterocycles. The average molecular weight is 589 g/mol. The standard InChI is InChI=1S/C27H27F2N4O7P/c1-17-11-32(16-30-17)22-5-4-18(6-23(22)36-2)7-24-25-31-40-27(13-34,19-8-20(28)10-21(29)9-19)33(25)12-26(39-24)14-37-41(3,35)38-15-26/h4-11,16,34H,12-15H2,1-3H3/b24-7-. The van der Waals surface area contributed by atoms with Crippen molar-refractivity contribution in [3.63, 3.8) is 0 Å². The molecule has 2 fully saturated rings. The van der Waals surface area contributed by atoms with Crippen molar-refractivity contribution in [3.8, 4) is 11.4 Å². The molecule has 3 aliphatic rings. The molecule has 3 aromatic rings. The maximum atomic E-state index is 14.3. The number of imidazole rings is 1. The SMILES string of the molecule is COc1cc(/C=C2\OC3(COP(C)(=O)OC3)CN3C2=NOC3(CO)c2cc(F)cc(F)c2)ccc1-n1cnc(C)c1. The smallest absolute Gasteiger partial charge is 0.327 e. The molecule has 1 unspecified atom stereocenters. The van der Waals surface area contributed by atoms with Gasteiger partial charge in [-0.05, 0) is 42.8 Å². The topological polar surface area (TPSA) is 117 Å². The van der Waals surface area contributed by atoms with E-state index in [0.717, 1.165) is 29.6 Å². The molecule has 1 atom stereocenters. The predicted octanol–water partition coefficient (Wildman–Crippen LogP) is 3.94. The van der Waals surface area contributed by atoms with Crippen LogP contribution in [0.5, 0.6) is 5.75 Å². The van der Waals surface area contributed by atoms with E-state index in [1.807, 2.05) is 29.8 Å². The first-order chi connectivity index (χ1) is 19.6. The highest BCUT2D eigenvalue weighted by atomic mass is 31.2. The highest BCUT2D eigenvalue weighted by molar-refractivity contribution is 7.53. The number of hydrogen-bond acceptors (Lipinski definition) is 10. The number of rotatable bonds is 5. The molecule has 1 spiro atoms. The van der Waals surface area contributed by atoms with Gasteiger partial charge in [-0.1, -0.05) is 11.2 Å². The van der Waals surface area contributed by atoms with Gasteiger partial charge < -0.3 is 37.9 Å². The fourth-order valence-electron chi connectivity index (χ4n) is 5.06. The van der Waals surface area contributed by atoms with Crippen molar-refractivity contribution in [2.24, 2.45) is 5.16 Å². The van der Waals surface area contributed by atoms with Crippen LogP contribution in [0.15, 0.2) is 59.8 Å². The highest BCUT2D eigenvalue weighted by Crippen LogP contribution is 2.52. The van der Waals surface area contributed by atoms with Crippen LogP contribution in [-0.2, 0) is 28.9 Å². The van der Waals surface area contributed by atoms with Crippen molar-refractivity contribution in [2.45, 2.75) is 18.2 Å². The largest absolute Gasteiger partial charge is 0.495 e. The minimum Gasteiger partial charge on any atom is -0.495 e. The number of oxime groups is 1. The van der Waals surface area contributed by atoms with Crippen LogP contribution in [0.2, 0.25) is 0 Å². The molecule has 4 heterocycles. The summed E-state index contributed by atoms with van der Waals surface area (Å²) in [5.41, 5.74) is -0.713. The van der Waals surface area contributed by atoms with Crippen LogP contribution >= 0.6 is 7.60 Å². The number of methoxy groups -OCH3 is 1. The first-order valence-electron chi connectivity index (χ1n) is 12.6. The van der Waals surface area contributed by atoms with Crippen molar-refractivity contribution < 1.29 is 41.8 Å². The minimum atomic E-state index is -3.30. The lowest BCUT2D eigenvalue weighted by Gasteiger charge is -2.48. The number of nitrogens with zero attached hydrogens (tertiary/aromatic N) is 4. The third kappa shape index (κ3) is 4.88. The summed E-state index contributed by atoms with van der Waals surface area (Å²) >= 11 is 0. The van der Waals surface area contributed by atoms with Gasteiger partial charge in [0.25, 0.3) is 5.72 Å². The fourth-order valence-corrected chi connectivity index (χ4v) is 6.07. The molecule has 216 valence electrons. The van der Waals surface area contributed by atoms with E-state index in [4.69, 9.17) is 23.4 Å². The lowest BCUT2D eigenvalue weighted by atomic mass is 9.95. The number of amidine groups is 1. The van der Waals surface area contributed by atoms with Gasteiger partial charge in [-0.15, -0.1) is 0 Å². The molecular formula is C27H27F2N4O7P. The zero-order valence-corrected chi connectivity index (χ0v) is 23.3. The van der Waals surface area contributed by atoms with E-state index < -0.39 is 37.2 Å². The van der Waals surface area contributed by atoms with E-state index in [1.165, 1.54) is 6.66 Å². The van der Waals surface area contributed by atoms with Crippen LogP contribution in [0.3, 0.4) is 0 Å². The van der Waals surface area contributed by atoms with Crippen molar-refractivity contribution >= 4 is 19.5 Å². The number of aromatic nitrogens is 2. The zero-order valence-electron chi connectivity index (χ0n) is 22.4. The van der Waals surface area contributed by atoms with E-state index in [2.05, 4.69) is 10.1 Å². The molecule has 1 aromatic heterocycles. The number of ether oxygens (including phenoxy) is 2. The number of benzene rings is 2. The normalized spacial score (nSPS) is 28.3. The Bertz CT molecular complexity index is 1590. The first-order valence-corrected chi connectivity index (χ1v) is 14.6. The maximum Gasteiger partial charge on any atom is 0.327 e. The Balaban J connectivity index is 1.43. The quantitative estimate of drug-likeness (QED) is 0.443. The minimum absolute atomic E-state index is 0.00751. The Kier molecular flexibility index (Phi) is 6.65. The van der Waals surface area contributed by atoms with Crippen LogP contribution in [0.1, 0.15) is 16.8 Å². The van der Waals surface area contributed by atoms with Gasteiger partial charge in [-0.25, -0.2) is 13.8 Å². The van der Waals surface area contributed by atoms with Gasteiger partial charge in [0.15, 0.2) is 11.4 Å². The summed E-state index contributed by atoms with van der Waals surface area (Å²) in [4.78, 5) is 11.6. The molecule has 6 rings (SSSR count). The molecule has 11 nitrogen and oxygen atoms in total. The molecule has 3 aliphatic heterocycles. The Morgan fingerprint density at radius 2 is 1.90 bits per heavy atom. The second-order valence-corrected chi connectivity index (χ2v) is 12.2. The lowest BCUT2D eigenvalue weighted by Crippen LogP contribution is -2.63. The van der Waals surface area contributed by atoms with Crippen LogP contribution in [0, 0.1) is 18.6 Å². The first kappa shape index (κ1) is 27.4. The van der Waals surface area contributed by atoms with Gasteiger partial charge in [-0.2, -0.15) is 0 Å². The average Bonchev–Trinajstić information content (AvgIpc) is 3.54. The van der Waals surface area contributed by atoms with Crippen molar-refractivity contribution in [2.75, 3.05) is 40.1 Å². The number of fused-ring (bicyclic) bond motifs is 1. The summed E-state index contributed by atoms with van der Waals surface area (Å²) in [6.45, 7) is 2.27. The maximum absolute atomic E-state index is 14.3. The van der Waals surface area contributed by atoms with Gasteiger partial charge in [0.05, 0.1) is 31.4 Å². The Hall–Kier alpha value is -3.77. The summed E-state index contributed by atoms with van der Waals surface area (Å²) in [5, 5.41) is 14.7. The number of hydrogen-bond donors (Lipinski definition) is 1. The molecule has 0 bridgehead atoms. The van der Waals surface area contributed by atoms with Crippen molar-refractivity contribution in [1.29, 1.82) is 0 Å². The predicted molar refractivity (Wildman–Crippen MR) is 142 cm³/mol. The van der Waals surface area contributed by atoms with Crippen LogP contribution in [0.25, 0.3) is 11.8 Å². The number of aliphatic hydroxyl groups excluding tert-OH is 1. The van der Waals surface area contributed by atoms with Gasteiger partial charge in [0.2, 0.25) is 5.84 Å². The summed E-state index contributed by atoms with van der Waals surface area (Å²) < 4.78 is 65.9. The number of aryl methyl sites for hydroxylation is 1. The molecule has 14 heteroatoms. The van der Waals surface area contributed by atoms with E-state index in [1.54, 1.807) is 30.5 Å². The van der Waals surface area contributed by atoms with Gasteiger partial charge >= 0.3 is 7.60 Å². The summed E-state index contributed by atoms with van der Waals surface area (Å²) in [6, 6.07) is 8.33. The molecule has 0 amide bonds. The lowest BCUT2D eigenvalue weighted by molar-refractivity contribution is -0.175. The second-order valence-electron chi connectivity index (χ2n) is 10.2. The van der Waals surface area contributed by atoms with Crippen LogP contribution in [0.4, 0.5) is 8.78 Å². The Morgan fingerprint density at radius 1 is 1.17 bits per heavy atom. The van der Waals surface area contributed by atoms with Gasteiger partial charge in [0, 0.05) is 24.5 Å². The zero-order chi connectivity index (χ0) is 29.0. The summed E-state index contributed by atoms with van der Waals surface area (Å²) in [7, 11) is -1.75. The Labute approximate surface area is 234 Å². The van der Waals surface area contributed by atoms with Gasteiger partial charge in [-0.3, -0.25) is 4.57 Å². The third-order valence-electron chi connectivity index (χ3n) is 7.11. The summed E-state index contributed by atoms with van der Waals surface area (Å²) in [5.74, 6) is -0.759. The fraction of sp³-hybridized carbons (Fsp3) is 0.333. The van der Waals surface area contributed by atoms with E-state index in [-0.39, 0.29) is 36.9 Å². The van der Waals surface area contributed by atoms with Crippen molar-refractivity contribution in [3.05, 3.63) is 83.1 Å².